The minimum atomic E-state index is -0.929. The van der Waals surface area contributed by atoms with Gasteiger partial charge >= 0.3 is 5.97 Å². The van der Waals surface area contributed by atoms with E-state index in [9.17, 15) is 9.59 Å². The van der Waals surface area contributed by atoms with E-state index in [1.165, 1.54) is 12.8 Å². The lowest BCUT2D eigenvalue weighted by molar-refractivity contribution is -0.141. The Labute approximate surface area is 127 Å². The molecule has 5 N–H and O–H groups in total. The number of carbonyl (C=O) groups is 2. The monoisotopic (exact) mass is 301 g/mol. The van der Waals surface area contributed by atoms with Crippen LogP contribution in [0.5, 0.6) is 0 Å². The number of nitrogens with two attached hydrogens (primary N) is 2. The molecular weight excluding hydrogens is 270 g/mol. The van der Waals surface area contributed by atoms with Crippen molar-refractivity contribution in [2.75, 3.05) is 26.2 Å². The summed E-state index contributed by atoms with van der Waals surface area (Å²) in [5.41, 5.74) is 10.9. The fourth-order valence-electron chi connectivity index (χ4n) is 2.17. The van der Waals surface area contributed by atoms with Crippen molar-refractivity contribution >= 4 is 11.9 Å². The first-order chi connectivity index (χ1) is 10.1. The van der Waals surface area contributed by atoms with Gasteiger partial charge in [-0.3, -0.25) is 9.59 Å². The Hall–Kier alpha value is -1.14. The molecule has 0 aromatic heterocycles. The van der Waals surface area contributed by atoms with Gasteiger partial charge in [0.15, 0.2) is 0 Å². The van der Waals surface area contributed by atoms with E-state index in [-0.39, 0.29) is 18.7 Å². The van der Waals surface area contributed by atoms with Gasteiger partial charge in [0.2, 0.25) is 5.91 Å². The highest BCUT2D eigenvalue weighted by atomic mass is 16.4. The van der Waals surface area contributed by atoms with Gasteiger partial charge < -0.3 is 21.5 Å². The molecule has 0 unspecified atom stereocenters. The van der Waals surface area contributed by atoms with Crippen molar-refractivity contribution in [3.63, 3.8) is 0 Å². The van der Waals surface area contributed by atoms with Crippen LogP contribution in [0.3, 0.4) is 0 Å². The average molecular weight is 301 g/mol. The van der Waals surface area contributed by atoms with Gasteiger partial charge in [0.05, 0.1) is 6.42 Å². The van der Waals surface area contributed by atoms with E-state index in [4.69, 9.17) is 16.6 Å². The normalized spacial score (nSPS) is 10.6. The maximum atomic E-state index is 12.0. The lowest BCUT2D eigenvalue weighted by Gasteiger charge is -2.22. The van der Waals surface area contributed by atoms with E-state index >= 15 is 0 Å². The van der Waals surface area contributed by atoms with E-state index in [0.717, 1.165) is 38.6 Å². The summed E-state index contributed by atoms with van der Waals surface area (Å²) in [5, 5.41) is 8.64. The number of carboxylic acids is 1. The van der Waals surface area contributed by atoms with Crippen LogP contribution < -0.4 is 11.5 Å². The molecule has 0 radical (unpaired) electrons. The van der Waals surface area contributed by atoms with Crippen LogP contribution in [-0.4, -0.2) is 48.1 Å². The second-order valence-corrected chi connectivity index (χ2v) is 5.33. The standard InChI is InChI=1S/C15H31N3O3/c16-10-5-3-1-2-4-6-12-18(13-7-11-17)14(19)8-9-15(20)21/h1-13,16-17H2,(H,20,21). The zero-order valence-electron chi connectivity index (χ0n) is 13.1. The summed E-state index contributed by atoms with van der Waals surface area (Å²) in [7, 11) is 0. The minimum Gasteiger partial charge on any atom is -0.481 e. The molecule has 0 atom stereocenters. The number of carboxylic acid groups (broad SMARTS) is 1. The van der Waals surface area contributed by atoms with E-state index in [0.29, 0.717) is 19.6 Å². The van der Waals surface area contributed by atoms with Crippen LogP contribution >= 0.6 is 0 Å². The Bertz CT molecular complexity index is 285. The lowest BCUT2D eigenvalue weighted by Crippen LogP contribution is -2.34. The highest BCUT2D eigenvalue weighted by molar-refractivity contribution is 5.80. The maximum Gasteiger partial charge on any atom is 0.303 e. The Morgan fingerprint density at radius 2 is 1.29 bits per heavy atom. The van der Waals surface area contributed by atoms with E-state index in [1.807, 2.05) is 0 Å². The van der Waals surface area contributed by atoms with Crippen LogP contribution in [0.4, 0.5) is 0 Å². The molecule has 0 aromatic carbocycles. The number of hydrogen-bond donors (Lipinski definition) is 3. The molecule has 0 aromatic rings. The summed E-state index contributed by atoms with van der Waals surface area (Å²) < 4.78 is 0. The fraction of sp³-hybridized carbons (Fsp3) is 0.867. The molecule has 0 rings (SSSR count). The van der Waals surface area contributed by atoms with Crippen molar-refractivity contribution in [1.82, 2.24) is 4.90 Å². The van der Waals surface area contributed by atoms with Crippen LogP contribution in [0.1, 0.15) is 57.8 Å². The molecule has 0 fully saturated rings. The van der Waals surface area contributed by atoms with Gasteiger partial charge in [-0.2, -0.15) is 0 Å². The molecule has 0 spiro atoms. The van der Waals surface area contributed by atoms with E-state index in [1.54, 1.807) is 4.90 Å². The summed E-state index contributed by atoms with van der Waals surface area (Å²) in [6.45, 7) is 2.63. The Balaban J connectivity index is 3.89. The number of unbranched alkanes of at least 4 members (excludes halogenated alkanes) is 5. The molecule has 0 heterocycles. The molecule has 0 aliphatic heterocycles. The molecule has 21 heavy (non-hydrogen) atoms. The van der Waals surface area contributed by atoms with Gasteiger partial charge in [0.1, 0.15) is 0 Å². The largest absolute Gasteiger partial charge is 0.481 e. The lowest BCUT2D eigenvalue weighted by atomic mass is 10.1. The van der Waals surface area contributed by atoms with E-state index < -0.39 is 5.97 Å². The Kier molecular flexibility index (Phi) is 13.1. The second-order valence-electron chi connectivity index (χ2n) is 5.33. The first kappa shape index (κ1) is 19.9. The fourth-order valence-corrected chi connectivity index (χ4v) is 2.17. The van der Waals surface area contributed by atoms with Crippen LogP contribution in [0.25, 0.3) is 0 Å². The smallest absolute Gasteiger partial charge is 0.303 e. The van der Waals surface area contributed by atoms with Crippen molar-refractivity contribution in [3.05, 3.63) is 0 Å². The number of nitrogens with zero attached hydrogens (tertiary/aromatic N) is 1. The van der Waals surface area contributed by atoms with Gasteiger partial charge in [-0.15, -0.1) is 0 Å². The molecule has 6 heteroatoms. The van der Waals surface area contributed by atoms with Gasteiger partial charge in [-0.05, 0) is 32.4 Å². The third-order valence-electron chi connectivity index (χ3n) is 3.42. The van der Waals surface area contributed by atoms with Crippen LogP contribution in [0.2, 0.25) is 0 Å². The Morgan fingerprint density at radius 3 is 1.86 bits per heavy atom. The molecule has 6 nitrogen and oxygen atoms in total. The van der Waals surface area contributed by atoms with Crippen molar-refractivity contribution in [2.24, 2.45) is 11.5 Å². The van der Waals surface area contributed by atoms with Gasteiger partial charge in [-0.25, -0.2) is 0 Å². The molecular formula is C15H31N3O3. The molecule has 0 aliphatic rings. The number of amides is 1. The maximum absolute atomic E-state index is 12.0. The van der Waals surface area contributed by atoms with Gasteiger partial charge in [0.25, 0.3) is 0 Å². The average Bonchev–Trinajstić information content (AvgIpc) is 2.46. The summed E-state index contributed by atoms with van der Waals surface area (Å²) in [4.78, 5) is 24.3. The summed E-state index contributed by atoms with van der Waals surface area (Å²) in [6.07, 6.45) is 7.40. The number of carbonyl (C=O) groups excluding carboxylic acids is 1. The zero-order chi connectivity index (χ0) is 15.9. The summed E-state index contributed by atoms with van der Waals surface area (Å²) >= 11 is 0. The third-order valence-corrected chi connectivity index (χ3v) is 3.42. The van der Waals surface area contributed by atoms with Crippen molar-refractivity contribution in [2.45, 2.75) is 57.8 Å². The quantitative estimate of drug-likeness (QED) is 0.419. The summed E-state index contributed by atoms with van der Waals surface area (Å²) in [6, 6.07) is 0. The highest BCUT2D eigenvalue weighted by Crippen LogP contribution is 2.07. The van der Waals surface area contributed by atoms with Crippen LogP contribution in [0, 0.1) is 0 Å². The molecule has 0 saturated carbocycles. The second kappa shape index (κ2) is 13.8. The molecule has 0 saturated heterocycles. The van der Waals surface area contributed by atoms with E-state index in [2.05, 4.69) is 0 Å². The van der Waals surface area contributed by atoms with Crippen molar-refractivity contribution in [1.29, 1.82) is 0 Å². The predicted molar refractivity (Wildman–Crippen MR) is 83.9 cm³/mol. The highest BCUT2D eigenvalue weighted by Gasteiger charge is 2.13. The number of hydrogen-bond acceptors (Lipinski definition) is 4. The predicted octanol–water partition coefficient (Wildman–Crippen LogP) is 1.33. The van der Waals surface area contributed by atoms with Crippen LogP contribution in [0.15, 0.2) is 0 Å². The third kappa shape index (κ3) is 12.3. The molecule has 124 valence electrons. The van der Waals surface area contributed by atoms with Crippen molar-refractivity contribution < 1.29 is 14.7 Å². The van der Waals surface area contributed by atoms with Gasteiger partial charge in [0, 0.05) is 19.5 Å². The van der Waals surface area contributed by atoms with Crippen molar-refractivity contribution in [3.8, 4) is 0 Å². The minimum absolute atomic E-state index is 0.0750. The first-order valence-electron chi connectivity index (χ1n) is 8.01. The first-order valence-corrected chi connectivity index (χ1v) is 8.01. The number of aliphatic carboxylic acids is 1. The number of rotatable bonds is 14. The molecule has 1 amide bonds. The SMILES string of the molecule is NCCCCCCCCN(CCCN)C(=O)CCC(=O)O. The molecule has 0 aliphatic carbocycles. The zero-order valence-corrected chi connectivity index (χ0v) is 13.1. The molecule has 0 bridgehead atoms. The van der Waals surface area contributed by atoms with Gasteiger partial charge in [-0.1, -0.05) is 25.7 Å². The summed E-state index contributed by atoms with van der Waals surface area (Å²) in [5.74, 6) is -1.00. The topological polar surface area (TPSA) is 110 Å². The Morgan fingerprint density at radius 1 is 0.762 bits per heavy atom. The van der Waals surface area contributed by atoms with Crippen LogP contribution in [-0.2, 0) is 9.59 Å².